The van der Waals surface area contributed by atoms with Crippen molar-refractivity contribution in [3.63, 3.8) is 0 Å². The monoisotopic (exact) mass is 336 g/mol. The van der Waals surface area contributed by atoms with Gasteiger partial charge in [-0.05, 0) is 18.2 Å². The van der Waals surface area contributed by atoms with Gasteiger partial charge in [-0.3, -0.25) is 9.36 Å². The van der Waals surface area contributed by atoms with Crippen LogP contribution in [0.25, 0.3) is 5.82 Å². The van der Waals surface area contributed by atoms with Gasteiger partial charge in [0.05, 0.1) is 0 Å². The third-order valence-corrected chi connectivity index (χ3v) is 4.04. The van der Waals surface area contributed by atoms with E-state index in [0.717, 1.165) is 0 Å². The van der Waals surface area contributed by atoms with Gasteiger partial charge in [0, 0.05) is 51.0 Å². The molecule has 3 aromatic rings. The number of nitrogens with zero attached hydrogens (tertiary/aromatic N) is 8. The summed E-state index contributed by atoms with van der Waals surface area (Å²) in [4.78, 5) is 28.9. The first-order chi connectivity index (χ1) is 12.3. The maximum Gasteiger partial charge on any atom is 0.274 e. The van der Waals surface area contributed by atoms with Crippen molar-refractivity contribution in [1.82, 2.24) is 34.6 Å². The summed E-state index contributed by atoms with van der Waals surface area (Å²) < 4.78 is 1.74. The van der Waals surface area contributed by atoms with Crippen molar-refractivity contribution in [2.24, 2.45) is 0 Å². The molecule has 4 rings (SSSR count). The van der Waals surface area contributed by atoms with Crippen LogP contribution >= 0.6 is 0 Å². The van der Waals surface area contributed by atoms with E-state index < -0.39 is 0 Å². The first kappa shape index (κ1) is 15.2. The van der Waals surface area contributed by atoms with Gasteiger partial charge in [-0.1, -0.05) is 0 Å². The molecule has 3 aromatic heterocycles. The molecular formula is C16H16N8O. The van der Waals surface area contributed by atoms with E-state index in [1.54, 1.807) is 58.8 Å². The number of carbonyl (C=O) groups is 1. The first-order valence-corrected chi connectivity index (χ1v) is 7.94. The highest BCUT2D eigenvalue weighted by Gasteiger charge is 2.24. The van der Waals surface area contributed by atoms with Crippen molar-refractivity contribution < 1.29 is 4.79 Å². The molecule has 0 aromatic carbocycles. The molecule has 126 valence electrons. The Balaban J connectivity index is 1.40. The number of amides is 1. The van der Waals surface area contributed by atoms with E-state index >= 15 is 0 Å². The Bertz CT molecular complexity index is 826. The quantitative estimate of drug-likeness (QED) is 0.684. The number of imidazole rings is 1. The second kappa shape index (κ2) is 6.63. The molecule has 1 aliphatic rings. The van der Waals surface area contributed by atoms with Gasteiger partial charge >= 0.3 is 0 Å². The Hall–Kier alpha value is -3.36. The van der Waals surface area contributed by atoms with Crippen LogP contribution in [0.4, 0.5) is 5.95 Å². The zero-order valence-corrected chi connectivity index (χ0v) is 13.4. The predicted octanol–water partition coefficient (Wildman–Crippen LogP) is 0.415. The third-order valence-electron chi connectivity index (χ3n) is 4.04. The van der Waals surface area contributed by atoms with Gasteiger partial charge in [0.25, 0.3) is 5.91 Å². The van der Waals surface area contributed by atoms with E-state index in [9.17, 15) is 4.79 Å². The van der Waals surface area contributed by atoms with Crippen LogP contribution in [-0.2, 0) is 0 Å². The van der Waals surface area contributed by atoms with Crippen LogP contribution in [0.5, 0.6) is 0 Å². The minimum atomic E-state index is -0.113. The Morgan fingerprint density at radius 2 is 1.76 bits per heavy atom. The lowest BCUT2D eigenvalue weighted by Gasteiger charge is -2.34. The van der Waals surface area contributed by atoms with Crippen molar-refractivity contribution in [2.75, 3.05) is 31.1 Å². The summed E-state index contributed by atoms with van der Waals surface area (Å²) in [6.07, 6.45) is 8.51. The SMILES string of the molecule is O=C(c1ccc(-n2ccnc2)nn1)N1CCN(c2ncccn2)CC1. The van der Waals surface area contributed by atoms with E-state index in [-0.39, 0.29) is 5.91 Å². The highest BCUT2D eigenvalue weighted by molar-refractivity contribution is 5.92. The number of carbonyl (C=O) groups excluding carboxylic acids is 1. The molecule has 1 fully saturated rings. The predicted molar refractivity (Wildman–Crippen MR) is 89.3 cm³/mol. The molecule has 1 amide bonds. The molecular weight excluding hydrogens is 320 g/mol. The van der Waals surface area contributed by atoms with E-state index in [0.29, 0.717) is 43.6 Å². The second-order valence-electron chi connectivity index (χ2n) is 5.57. The van der Waals surface area contributed by atoms with E-state index in [4.69, 9.17) is 0 Å². The number of hydrogen-bond donors (Lipinski definition) is 0. The van der Waals surface area contributed by atoms with E-state index in [1.165, 1.54) is 0 Å². The van der Waals surface area contributed by atoms with E-state index in [2.05, 4.69) is 30.0 Å². The fraction of sp³-hybridized carbons (Fsp3) is 0.250. The number of hydrogen-bond acceptors (Lipinski definition) is 7. The van der Waals surface area contributed by atoms with Gasteiger partial charge in [-0.15, -0.1) is 10.2 Å². The average molecular weight is 336 g/mol. The van der Waals surface area contributed by atoms with Crippen molar-refractivity contribution in [3.05, 3.63) is 55.0 Å². The molecule has 0 spiro atoms. The minimum absolute atomic E-state index is 0.113. The largest absolute Gasteiger partial charge is 0.337 e. The molecule has 0 unspecified atom stereocenters. The summed E-state index contributed by atoms with van der Waals surface area (Å²) in [5.74, 6) is 1.21. The highest BCUT2D eigenvalue weighted by atomic mass is 16.2. The zero-order chi connectivity index (χ0) is 17.1. The lowest BCUT2D eigenvalue weighted by molar-refractivity contribution is 0.0739. The molecule has 9 heteroatoms. The Labute approximate surface area is 144 Å². The molecule has 0 radical (unpaired) electrons. The number of rotatable bonds is 3. The Kier molecular flexibility index (Phi) is 4.03. The number of aromatic nitrogens is 6. The molecule has 0 bridgehead atoms. The van der Waals surface area contributed by atoms with Crippen molar-refractivity contribution >= 4 is 11.9 Å². The van der Waals surface area contributed by atoms with E-state index in [1.807, 2.05) is 0 Å². The zero-order valence-electron chi connectivity index (χ0n) is 13.4. The van der Waals surface area contributed by atoms with Gasteiger partial charge in [0.1, 0.15) is 6.33 Å². The molecule has 1 aliphatic heterocycles. The summed E-state index contributed by atoms with van der Waals surface area (Å²) in [6.45, 7) is 2.58. The molecule has 4 heterocycles. The van der Waals surface area contributed by atoms with Crippen LogP contribution in [0.1, 0.15) is 10.5 Å². The highest BCUT2D eigenvalue weighted by Crippen LogP contribution is 2.12. The third kappa shape index (κ3) is 3.16. The topological polar surface area (TPSA) is 92.9 Å². The maximum absolute atomic E-state index is 12.6. The van der Waals surface area contributed by atoms with Gasteiger partial charge in [0.2, 0.25) is 5.95 Å². The van der Waals surface area contributed by atoms with Gasteiger partial charge < -0.3 is 9.80 Å². The minimum Gasteiger partial charge on any atom is -0.337 e. The maximum atomic E-state index is 12.6. The molecule has 0 saturated carbocycles. The second-order valence-corrected chi connectivity index (χ2v) is 5.57. The molecule has 9 nitrogen and oxygen atoms in total. The first-order valence-electron chi connectivity index (χ1n) is 7.94. The van der Waals surface area contributed by atoms with Crippen molar-refractivity contribution in [2.45, 2.75) is 0 Å². The Morgan fingerprint density at radius 3 is 2.40 bits per heavy atom. The van der Waals surface area contributed by atoms with Crippen molar-refractivity contribution in [1.29, 1.82) is 0 Å². The smallest absolute Gasteiger partial charge is 0.274 e. The summed E-state index contributed by atoms with van der Waals surface area (Å²) in [7, 11) is 0. The van der Waals surface area contributed by atoms with Gasteiger partial charge in [-0.25, -0.2) is 15.0 Å². The van der Waals surface area contributed by atoms with Crippen LogP contribution in [0.15, 0.2) is 49.3 Å². The molecule has 0 aliphatic carbocycles. The molecule has 1 saturated heterocycles. The lowest BCUT2D eigenvalue weighted by Crippen LogP contribution is -2.49. The van der Waals surface area contributed by atoms with Crippen molar-refractivity contribution in [3.8, 4) is 5.82 Å². The van der Waals surface area contributed by atoms with Crippen LogP contribution in [0.3, 0.4) is 0 Å². The van der Waals surface area contributed by atoms with Crippen LogP contribution in [-0.4, -0.2) is 66.7 Å². The van der Waals surface area contributed by atoms with Gasteiger partial charge in [0.15, 0.2) is 11.5 Å². The normalized spacial score (nSPS) is 14.6. The number of piperazine rings is 1. The summed E-state index contributed by atoms with van der Waals surface area (Å²) in [5, 5.41) is 8.15. The average Bonchev–Trinajstić information content (AvgIpc) is 3.23. The Morgan fingerprint density at radius 1 is 0.960 bits per heavy atom. The van der Waals surface area contributed by atoms with Crippen LogP contribution in [0, 0.1) is 0 Å². The fourth-order valence-electron chi connectivity index (χ4n) is 2.70. The molecule has 25 heavy (non-hydrogen) atoms. The van der Waals surface area contributed by atoms with Crippen LogP contribution in [0.2, 0.25) is 0 Å². The summed E-state index contributed by atoms with van der Waals surface area (Å²) in [6, 6.07) is 5.24. The molecule has 0 atom stereocenters. The van der Waals surface area contributed by atoms with Gasteiger partial charge in [-0.2, -0.15) is 0 Å². The fourth-order valence-corrected chi connectivity index (χ4v) is 2.70. The summed E-state index contributed by atoms with van der Waals surface area (Å²) in [5.41, 5.74) is 0.341. The lowest BCUT2D eigenvalue weighted by atomic mass is 10.2. The number of anilines is 1. The standard InChI is InChI=1S/C16H16N8O/c25-15(13-2-3-14(21-20-13)24-7-6-17-12-24)22-8-10-23(11-9-22)16-18-4-1-5-19-16/h1-7,12H,8-11H2. The summed E-state index contributed by atoms with van der Waals surface area (Å²) >= 11 is 0. The molecule has 0 N–H and O–H groups in total. The van der Waals surface area contributed by atoms with Crippen LogP contribution < -0.4 is 4.90 Å².